The highest BCUT2D eigenvalue weighted by Gasteiger charge is 2.16. The molecule has 0 aliphatic heterocycles. The van der Waals surface area contributed by atoms with Crippen molar-refractivity contribution >= 4 is 89.5 Å². The predicted octanol–water partition coefficient (Wildman–Crippen LogP) is 8.31. The lowest BCUT2D eigenvalue weighted by atomic mass is 9.98. The van der Waals surface area contributed by atoms with Crippen LogP contribution in [0.25, 0.3) is 43.1 Å². The van der Waals surface area contributed by atoms with E-state index in [1.165, 1.54) is 10.8 Å². The first-order valence-electron chi connectivity index (χ1n) is 7.92. The third kappa shape index (κ3) is 2.35. The fourth-order valence-corrected chi connectivity index (χ4v) is 4.58. The molecule has 0 bridgehead atoms. The average molecular weight is 417 g/mol. The van der Waals surface area contributed by atoms with Gasteiger partial charge in [-0.05, 0) is 57.3 Å². The molecule has 5 rings (SSSR count). The zero-order valence-corrected chi connectivity index (χ0v) is 16.2. The Morgan fingerprint density at radius 2 is 1.12 bits per heavy atom. The van der Waals surface area contributed by atoms with E-state index in [1.54, 1.807) is 0 Å². The van der Waals surface area contributed by atoms with Crippen LogP contribution < -0.4 is 0 Å². The fourth-order valence-electron chi connectivity index (χ4n) is 3.48. The second-order valence-electron chi connectivity index (χ2n) is 6.24. The van der Waals surface area contributed by atoms with Gasteiger partial charge in [-0.25, -0.2) is 4.98 Å². The minimum absolute atomic E-state index is 0.173. The molecule has 5 aromatic rings. The summed E-state index contributed by atoms with van der Waals surface area (Å²) in [5.41, 5.74) is 0. The van der Waals surface area contributed by atoms with Crippen LogP contribution in [0.1, 0.15) is 0 Å². The summed E-state index contributed by atoms with van der Waals surface area (Å²) >= 11 is 25.4. The Labute approximate surface area is 169 Å². The molecular weight excluding hydrogens is 408 g/mol. The van der Waals surface area contributed by atoms with Gasteiger partial charge in [0.15, 0.2) is 0 Å². The van der Waals surface area contributed by atoms with Gasteiger partial charge in [0.1, 0.15) is 10.3 Å². The first kappa shape index (κ1) is 16.4. The Bertz CT molecular complexity index is 1380. The molecule has 126 valence electrons. The van der Waals surface area contributed by atoms with Gasteiger partial charge in [-0.1, -0.05) is 70.7 Å². The van der Waals surface area contributed by atoms with Crippen molar-refractivity contribution in [2.45, 2.75) is 0 Å². The zero-order chi connectivity index (χ0) is 18.0. The second-order valence-corrected chi connectivity index (χ2v) is 7.71. The summed E-state index contributed by atoms with van der Waals surface area (Å²) in [6.45, 7) is 0. The zero-order valence-electron chi connectivity index (χ0n) is 13.2. The maximum Gasteiger partial charge on any atom is 0.150 e. The number of fused-ring (bicyclic) bond motifs is 4. The first-order chi connectivity index (χ1) is 12.5. The number of halogens is 4. The number of rotatable bonds is 0. The molecule has 0 saturated carbocycles. The maximum absolute atomic E-state index is 6.70. The molecule has 0 saturated heterocycles. The summed E-state index contributed by atoms with van der Waals surface area (Å²) in [7, 11) is 0. The number of pyridine rings is 1. The Morgan fingerprint density at radius 3 is 1.81 bits per heavy atom. The summed E-state index contributed by atoms with van der Waals surface area (Å²) < 4.78 is 0. The van der Waals surface area contributed by atoms with Crippen molar-refractivity contribution in [1.82, 2.24) is 4.98 Å². The third-order valence-electron chi connectivity index (χ3n) is 4.72. The maximum atomic E-state index is 6.70. The lowest BCUT2D eigenvalue weighted by Gasteiger charge is -2.11. The minimum atomic E-state index is 0.173. The fraction of sp³-hybridized carbons (Fsp3) is 0. The summed E-state index contributed by atoms with van der Waals surface area (Å²) in [5.74, 6) is 0. The lowest BCUT2D eigenvalue weighted by Crippen LogP contribution is -1.88. The van der Waals surface area contributed by atoms with Gasteiger partial charge in [0.2, 0.25) is 0 Å². The molecule has 0 spiro atoms. The first-order valence-corrected chi connectivity index (χ1v) is 9.43. The molecule has 1 nitrogen and oxygen atoms in total. The summed E-state index contributed by atoms with van der Waals surface area (Å²) in [6.07, 6.45) is 0. The van der Waals surface area contributed by atoms with Gasteiger partial charge >= 0.3 is 0 Å². The number of aromatic nitrogens is 1. The van der Waals surface area contributed by atoms with E-state index in [9.17, 15) is 0 Å². The number of nitrogens with zero attached hydrogens (tertiary/aromatic N) is 1. The SMILES string of the molecule is Clc1nc(Cl)c2c(Cl)c3cc4cc5ccccc5cc4cc3cc2c1Cl. The molecular formula is C21H9Cl4N. The summed E-state index contributed by atoms with van der Waals surface area (Å²) in [6, 6.07) is 18.8. The van der Waals surface area contributed by atoms with Gasteiger partial charge < -0.3 is 0 Å². The lowest BCUT2D eigenvalue weighted by molar-refractivity contribution is 1.36. The van der Waals surface area contributed by atoms with E-state index in [2.05, 4.69) is 41.4 Å². The molecule has 0 unspecified atom stereocenters. The largest absolute Gasteiger partial charge is 0.222 e. The van der Waals surface area contributed by atoms with E-state index < -0.39 is 0 Å². The molecule has 0 amide bonds. The third-order valence-corrected chi connectivity index (χ3v) is 6.14. The van der Waals surface area contributed by atoms with Gasteiger partial charge in [0.25, 0.3) is 0 Å². The van der Waals surface area contributed by atoms with E-state index in [0.29, 0.717) is 20.8 Å². The predicted molar refractivity (Wildman–Crippen MR) is 114 cm³/mol. The monoisotopic (exact) mass is 415 g/mol. The van der Waals surface area contributed by atoms with Crippen molar-refractivity contribution < 1.29 is 0 Å². The van der Waals surface area contributed by atoms with E-state index in [4.69, 9.17) is 46.4 Å². The quantitative estimate of drug-likeness (QED) is 0.182. The standard InChI is InChI=1S/C21H9Cl4N/c22-18-15-8-13-6-11-4-2-1-3-10(11)5-12(13)7-14(15)9-16-17(18)20(24)26-21(25)19(16)23/h1-9H. The van der Waals surface area contributed by atoms with Gasteiger partial charge in [-0.15, -0.1) is 0 Å². The molecule has 0 aliphatic carbocycles. The minimum Gasteiger partial charge on any atom is -0.222 e. The van der Waals surface area contributed by atoms with E-state index >= 15 is 0 Å². The van der Waals surface area contributed by atoms with Crippen LogP contribution in [-0.2, 0) is 0 Å². The molecule has 0 aliphatic rings. The highest BCUT2D eigenvalue weighted by atomic mass is 35.5. The number of hydrogen-bond acceptors (Lipinski definition) is 1. The van der Waals surface area contributed by atoms with E-state index in [0.717, 1.165) is 21.5 Å². The molecule has 1 aromatic heterocycles. The van der Waals surface area contributed by atoms with Crippen molar-refractivity contribution in [3.8, 4) is 0 Å². The number of benzene rings is 4. The Morgan fingerprint density at radius 1 is 0.538 bits per heavy atom. The van der Waals surface area contributed by atoms with Crippen LogP contribution in [0.2, 0.25) is 20.4 Å². The van der Waals surface area contributed by atoms with Crippen molar-refractivity contribution in [3.63, 3.8) is 0 Å². The van der Waals surface area contributed by atoms with Crippen molar-refractivity contribution in [2.75, 3.05) is 0 Å². The van der Waals surface area contributed by atoms with Crippen LogP contribution in [0.5, 0.6) is 0 Å². The Kier molecular flexibility index (Phi) is 3.70. The molecule has 0 atom stereocenters. The Balaban J connectivity index is 1.98. The van der Waals surface area contributed by atoms with Crippen LogP contribution in [0, 0.1) is 0 Å². The van der Waals surface area contributed by atoms with Gasteiger partial charge in [-0.3, -0.25) is 0 Å². The molecule has 0 N–H and O–H groups in total. The molecule has 26 heavy (non-hydrogen) atoms. The van der Waals surface area contributed by atoms with Gasteiger partial charge in [0.05, 0.1) is 10.0 Å². The summed E-state index contributed by atoms with van der Waals surface area (Å²) in [5, 5.41) is 9.14. The highest BCUT2D eigenvalue weighted by Crippen LogP contribution is 2.42. The smallest absolute Gasteiger partial charge is 0.150 e. The molecule has 5 heteroatoms. The van der Waals surface area contributed by atoms with Crippen molar-refractivity contribution in [2.24, 2.45) is 0 Å². The summed E-state index contributed by atoms with van der Waals surface area (Å²) in [4.78, 5) is 4.09. The second kappa shape index (κ2) is 5.87. The van der Waals surface area contributed by atoms with Crippen LogP contribution in [0.3, 0.4) is 0 Å². The van der Waals surface area contributed by atoms with Crippen molar-refractivity contribution in [3.05, 3.63) is 74.9 Å². The normalized spacial score (nSPS) is 11.8. The molecule has 1 heterocycles. The highest BCUT2D eigenvalue weighted by molar-refractivity contribution is 6.50. The Hall–Kier alpha value is -1.77. The molecule has 0 fully saturated rings. The molecule has 0 radical (unpaired) electrons. The van der Waals surface area contributed by atoms with Gasteiger partial charge in [0, 0.05) is 16.2 Å². The van der Waals surface area contributed by atoms with Crippen LogP contribution in [0.15, 0.2) is 54.6 Å². The van der Waals surface area contributed by atoms with E-state index in [1.807, 2.05) is 18.2 Å². The van der Waals surface area contributed by atoms with Crippen LogP contribution >= 0.6 is 46.4 Å². The van der Waals surface area contributed by atoms with Crippen LogP contribution in [0.4, 0.5) is 0 Å². The molecule has 4 aromatic carbocycles. The number of hydrogen-bond donors (Lipinski definition) is 0. The van der Waals surface area contributed by atoms with Crippen molar-refractivity contribution in [1.29, 1.82) is 0 Å². The topological polar surface area (TPSA) is 12.9 Å². The average Bonchev–Trinajstić information content (AvgIpc) is 2.63. The van der Waals surface area contributed by atoms with E-state index in [-0.39, 0.29) is 10.3 Å². The van der Waals surface area contributed by atoms with Gasteiger partial charge in [-0.2, -0.15) is 0 Å². The van der Waals surface area contributed by atoms with Crippen LogP contribution in [-0.4, -0.2) is 4.98 Å².